The summed E-state index contributed by atoms with van der Waals surface area (Å²) < 4.78 is 0. The van der Waals surface area contributed by atoms with E-state index in [1.165, 1.54) is 19.3 Å². The second-order valence-corrected chi connectivity index (χ2v) is 11.9. The van der Waals surface area contributed by atoms with E-state index in [1.54, 1.807) is 0 Å². The Kier molecular flexibility index (Phi) is 8.47. The van der Waals surface area contributed by atoms with E-state index in [-0.39, 0.29) is 11.4 Å². The van der Waals surface area contributed by atoms with Gasteiger partial charge in [-0.2, -0.15) is 0 Å². The van der Waals surface area contributed by atoms with Crippen LogP contribution in [0.5, 0.6) is 0 Å². The summed E-state index contributed by atoms with van der Waals surface area (Å²) in [6.07, 6.45) is 6.02. The first-order chi connectivity index (χ1) is 19.7. The molecule has 210 valence electrons. The van der Waals surface area contributed by atoms with Crippen LogP contribution in [0.4, 0.5) is 21.9 Å². The molecule has 1 aliphatic rings. The number of hydrogen-bond donors (Lipinski definition) is 3. The predicted molar refractivity (Wildman–Crippen MR) is 173 cm³/mol. The molecule has 0 spiro atoms. The zero-order chi connectivity index (χ0) is 29.0. The van der Waals surface area contributed by atoms with Crippen molar-refractivity contribution in [1.82, 2.24) is 20.6 Å². The molecule has 8 nitrogen and oxygen atoms in total. The third kappa shape index (κ3) is 6.32. The molecule has 2 amide bonds. The lowest BCUT2D eigenvalue weighted by molar-refractivity contribution is 0.262. The van der Waals surface area contributed by atoms with E-state index in [0.717, 1.165) is 52.2 Å². The number of H-pyrrole nitrogens is 1. The van der Waals surface area contributed by atoms with Crippen LogP contribution in [0.2, 0.25) is 0 Å². The molecule has 0 radical (unpaired) electrons. The number of benzene rings is 3. The number of nitrogens with zero attached hydrogens (tertiary/aromatic N) is 4. The summed E-state index contributed by atoms with van der Waals surface area (Å²) in [5.74, 6) is 0.999. The molecule has 3 aromatic carbocycles. The van der Waals surface area contributed by atoms with E-state index in [2.05, 4.69) is 90.0 Å². The minimum absolute atomic E-state index is 0.128. The molecule has 1 aromatic heterocycles. The first-order valence-electron chi connectivity index (χ1n) is 14.7. The Hall–Kier alpha value is -4.07. The highest BCUT2D eigenvalue weighted by Crippen LogP contribution is 2.41. The molecule has 0 unspecified atom stereocenters. The number of nitrogens with one attached hydrogen (secondary N) is 3. The van der Waals surface area contributed by atoms with Crippen molar-refractivity contribution >= 4 is 38.8 Å². The molecular formula is C31H39B2N7O. The third-order valence-corrected chi connectivity index (χ3v) is 8.63. The van der Waals surface area contributed by atoms with Crippen molar-refractivity contribution in [2.24, 2.45) is 5.92 Å². The van der Waals surface area contributed by atoms with E-state index in [9.17, 15) is 4.79 Å². The molecule has 4 aromatic rings. The monoisotopic (exact) mass is 547 g/mol. The summed E-state index contributed by atoms with van der Waals surface area (Å²) in [6.45, 7) is 6.59. The van der Waals surface area contributed by atoms with Crippen molar-refractivity contribution in [3.63, 3.8) is 0 Å². The summed E-state index contributed by atoms with van der Waals surface area (Å²) in [5, 5.41) is 20.7. The zero-order valence-electron chi connectivity index (χ0n) is 24.7. The van der Waals surface area contributed by atoms with Crippen LogP contribution >= 0.6 is 0 Å². The SMILES string of the molecule is BC(B)(C(C)C)N(c1ccc(-c2ccccc2-c2nnn[nH]2)cc1NC(=O)Nc1ccc(C)cc1)C1CCCCC1. The summed E-state index contributed by atoms with van der Waals surface area (Å²) in [4.78, 5) is 16.0. The quantitative estimate of drug-likeness (QED) is 0.264. The van der Waals surface area contributed by atoms with E-state index >= 15 is 0 Å². The first kappa shape index (κ1) is 28.5. The molecule has 0 bridgehead atoms. The maximum absolute atomic E-state index is 13.4. The summed E-state index contributed by atoms with van der Waals surface area (Å²) in [7, 11) is 4.64. The van der Waals surface area contributed by atoms with Crippen molar-refractivity contribution in [1.29, 1.82) is 0 Å². The summed E-state index contributed by atoms with van der Waals surface area (Å²) in [5.41, 5.74) is 6.55. The largest absolute Gasteiger partial charge is 0.377 e. The molecule has 5 rings (SSSR count). The molecular weight excluding hydrogens is 508 g/mol. The number of aromatic amines is 1. The topological polar surface area (TPSA) is 98.8 Å². The van der Waals surface area contributed by atoms with Gasteiger partial charge in [0.2, 0.25) is 0 Å². The fourth-order valence-corrected chi connectivity index (χ4v) is 5.75. The van der Waals surface area contributed by atoms with Crippen LogP contribution in [-0.4, -0.2) is 53.7 Å². The lowest BCUT2D eigenvalue weighted by Crippen LogP contribution is -2.59. The minimum atomic E-state index is -0.272. The van der Waals surface area contributed by atoms with Crippen LogP contribution in [-0.2, 0) is 0 Å². The molecule has 10 heteroatoms. The second kappa shape index (κ2) is 12.2. The fraction of sp³-hybridized carbons (Fsp3) is 0.355. The highest BCUT2D eigenvalue weighted by Gasteiger charge is 2.37. The van der Waals surface area contributed by atoms with Gasteiger partial charge in [-0.25, -0.2) is 9.89 Å². The molecule has 0 saturated heterocycles. The minimum Gasteiger partial charge on any atom is -0.377 e. The van der Waals surface area contributed by atoms with E-state index in [4.69, 9.17) is 0 Å². The maximum atomic E-state index is 13.4. The first-order valence-corrected chi connectivity index (χ1v) is 14.7. The lowest BCUT2D eigenvalue weighted by Gasteiger charge is -2.50. The molecule has 41 heavy (non-hydrogen) atoms. The van der Waals surface area contributed by atoms with Crippen molar-refractivity contribution in [2.75, 3.05) is 15.5 Å². The van der Waals surface area contributed by atoms with Crippen molar-refractivity contribution in [2.45, 2.75) is 64.3 Å². The number of aromatic nitrogens is 4. The van der Waals surface area contributed by atoms with Crippen LogP contribution in [0.25, 0.3) is 22.5 Å². The molecule has 1 fully saturated rings. The smallest absolute Gasteiger partial charge is 0.323 e. The van der Waals surface area contributed by atoms with E-state index < -0.39 is 0 Å². The van der Waals surface area contributed by atoms with Gasteiger partial charge in [0, 0.05) is 17.3 Å². The standard InChI is InChI=1S/C31H39B2N7O/c1-20(2)31(32,33)40(24-9-5-4-6-10-24)28-18-15-22(25-11-7-8-12-26(25)29-36-38-39-37-29)19-27(28)35-30(41)34-23-16-13-21(3)14-17-23/h7-8,11-20,24H,4-6,9-10,32-33H2,1-3H3,(H2,34,35,41)(H,36,37,38,39). The van der Waals surface area contributed by atoms with Gasteiger partial charge in [-0.1, -0.05) is 81.1 Å². The number of urea groups is 1. The van der Waals surface area contributed by atoms with Crippen molar-refractivity contribution in [3.05, 3.63) is 72.3 Å². The number of tetrazole rings is 1. The third-order valence-electron chi connectivity index (χ3n) is 8.63. The van der Waals surface area contributed by atoms with Crippen LogP contribution < -0.4 is 15.5 Å². The summed E-state index contributed by atoms with van der Waals surface area (Å²) in [6, 6.07) is 22.4. The fourth-order valence-electron chi connectivity index (χ4n) is 5.75. The van der Waals surface area contributed by atoms with Crippen LogP contribution in [0.3, 0.4) is 0 Å². The Labute approximate surface area is 244 Å². The number of anilines is 3. The van der Waals surface area contributed by atoms with Crippen molar-refractivity contribution in [3.8, 4) is 22.5 Å². The molecule has 1 heterocycles. The average molecular weight is 547 g/mol. The van der Waals surface area contributed by atoms with Gasteiger partial charge in [-0.15, -0.1) is 5.10 Å². The van der Waals surface area contributed by atoms with Gasteiger partial charge < -0.3 is 15.5 Å². The maximum Gasteiger partial charge on any atom is 0.323 e. The molecule has 1 aliphatic carbocycles. The zero-order valence-corrected chi connectivity index (χ0v) is 24.7. The second-order valence-electron chi connectivity index (χ2n) is 11.9. The van der Waals surface area contributed by atoms with Gasteiger partial charge in [0.05, 0.1) is 11.4 Å². The predicted octanol–water partition coefficient (Wildman–Crippen LogP) is 5.20. The number of rotatable bonds is 8. The Bertz CT molecular complexity index is 1470. The molecule has 0 atom stereocenters. The number of carbonyl (C=O) groups is 1. The lowest BCUT2D eigenvalue weighted by atomic mass is 9.54. The van der Waals surface area contributed by atoms with Gasteiger partial charge >= 0.3 is 6.03 Å². The highest BCUT2D eigenvalue weighted by atomic mass is 16.2. The van der Waals surface area contributed by atoms with Crippen LogP contribution in [0.1, 0.15) is 51.5 Å². The number of aryl methyl sites for hydroxylation is 1. The Balaban J connectivity index is 1.60. The molecule has 0 aliphatic heterocycles. The number of hydrogen-bond acceptors (Lipinski definition) is 5. The summed E-state index contributed by atoms with van der Waals surface area (Å²) >= 11 is 0. The van der Waals surface area contributed by atoms with E-state index in [1.807, 2.05) is 49.4 Å². The van der Waals surface area contributed by atoms with Gasteiger partial charge in [0.25, 0.3) is 0 Å². The molecule has 1 saturated carbocycles. The Morgan fingerprint density at radius 2 is 1.68 bits per heavy atom. The molecule has 3 N–H and O–H groups in total. The van der Waals surface area contributed by atoms with Gasteiger partial charge in [0.1, 0.15) is 15.7 Å². The normalized spacial score (nSPS) is 14.1. The Morgan fingerprint density at radius 1 is 0.976 bits per heavy atom. The number of carbonyl (C=O) groups excluding carboxylic acids is 1. The van der Waals surface area contributed by atoms with Crippen molar-refractivity contribution < 1.29 is 4.79 Å². The number of amides is 2. The van der Waals surface area contributed by atoms with Crippen LogP contribution in [0.15, 0.2) is 66.7 Å². The Morgan fingerprint density at radius 3 is 2.34 bits per heavy atom. The van der Waals surface area contributed by atoms with Gasteiger partial charge in [-0.3, -0.25) is 0 Å². The van der Waals surface area contributed by atoms with Gasteiger partial charge in [0.15, 0.2) is 5.82 Å². The van der Waals surface area contributed by atoms with Gasteiger partial charge in [-0.05, 0) is 76.8 Å². The highest BCUT2D eigenvalue weighted by molar-refractivity contribution is 6.42. The van der Waals surface area contributed by atoms with Crippen LogP contribution in [0, 0.1) is 12.8 Å². The van der Waals surface area contributed by atoms with E-state index in [0.29, 0.717) is 17.8 Å². The average Bonchev–Trinajstić information content (AvgIpc) is 3.51.